The highest BCUT2D eigenvalue weighted by atomic mass is 35.5. The van der Waals surface area contributed by atoms with Gasteiger partial charge in [0, 0.05) is 10.9 Å². The summed E-state index contributed by atoms with van der Waals surface area (Å²) in [5, 5.41) is 0.764. The van der Waals surface area contributed by atoms with Crippen LogP contribution < -0.4 is 0 Å². The Bertz CT molecular complexity index is 389. The van der Waals surface area contributed by atoms with E-state index < -0.39 is 0 Å². The molecule has 2 rings (SSSR count). The summed E-state index contributed by atoms with van der Waals surface area (Å²) in [5.41, 5.74) is 1.21. The molecule has 0 saturated carbocycles. The van der Waals surface area contributed by atoms with Gasteiger partial charge in [0.1, 0.15) is 5.76 Å². The molecule has 2 heteroatoms. The van der Waals surface area contributed by atoms with Crippen molar-refractivity contribution in [2.45, 2.75) is 12.8 Å². The minimum Gasteiger partial charge on any atom is -0.469 e. The van der Waals surface area contributed by atoms with Crippen LogP contribution in [-0.2, 0) is 0 Å². The van der Waals surface area contributed by atoms with Crippen LogP contribution in [0.25, 0.3) is 0 Å². The predicted molar refractivity (Wildman–Crippen MR) is 57.7 cm³/mol. The largest absolute Gasteiger partial charge is 0.469 e. The molecule has 1 nitrogen and oxygen atoms in total. The number of halogens is 1. The zero-order valence-corrected chi connectivity index (χ0v) is 8.66. The van der Waals surface area contributed by atoms with Gasteiger partial charge >= 0.3 is 0 Å². The Labute approximate surface area is 88.3 Å². The van der Waals surface area contributed by atoms with Crippen molar-refractivity contribution >= 4 is 11.6 Å². The maximum Gasteiger partial charge on any atom is 0.110 e. The summed E-state index contributed by atoms with van der Waals surface area (Å²) in [4.78, 5) is 0. The number of rotatable bonds is 2. The van der Waals surface area contributed by atoms with E-state index in [9.17, 15) is 0 Å². The van der Waals surface area contributed by atoms with E-state index in [1.807, 2.05) is 36.4 Å². The molecule has 0 radical (unpaired) electrons. The molecule has 0 bridgehead atoms. The van der Waals surface area contributed by atoms with E-state index in [4.69, 9.17) is 16.0 Å². The molecule has 2 aromatic rings. The van der Waals surface area contributed by atoms with Gasteiger partial charge in [0.15, 0.2) is 0 Å². The van der Waals surface area contributed by atoms with Gasteiger partial charge in [-0.2, -0.15) is 0 Å². The first-order valence-electron chi connectivity index (χ1n) is 4.56. The van der Waals surface area contributed by atoms with Gasteiger partial charge in [0.2, 0.25) is 0 Å². The third-order valence-corrected chi connectivity index (χ3v) is 2.59. The van der Waals surface area contributed by atoms with Crippen LogP contribution >= 0.6 is 11.6 Å². The molecule has 0 fully saturated rings. The van der Waals surface area contributed by atoms with E-state index in [0.717, 1.165) is 10.8 Å². The molecular formula is C12H11ClO. The van der Waals surface area contributed by atoms with E-state index in [2.05, 4.69) is 6.92 Å². The highest BCUT2D eigenvalue weighted by Gasteiger charge is 2.10. The highest BCUT2D eigenvalue weighted by molar-refractivity contribution is 6.30. The summed E-state index contributed by atoms with van der Waals surface area (Å²) >= 11 is 5.82. The van der Waals surface area contributed by atoms with Crippen molar-refractivity contribution in [2.75, 3.05) is 0 Å². The lowest BCUT2D eigenvalue weighted by molar-refractivity contribution is 0.496. The van der Waals surface area contributed by atoms with Gasteiger partial charge in [0.25, 0.3) is 0 Å². The smallest absolute Gasteiger partial charge is 0.110 e. The second-order valence-electron chi connectivity index (χ2n) is 3.29. The quantitative estimate of drug-likeness (QED) is 0.722. The second kappa shape index (κ2) is 3.89. The monoisotopic (exact) mass is 206 g/mol. The van der Waals surface area contributed by atoms with Gasteiger partial charge in [-0.05, 0) is 29.8 Å². The maximum atomic E-state index is 5.82. The van der Waals surface area contributed by atoms with Crippen molar-refractivity contribution < 1.29 is 4.42 Å². The van der Waals surface area contributed by atoms with Gasteiger partial charge in [0.05, 0.1) is 6.26 Å². The number of furan rings is 1. The Kier molecular flexibility index (Phi) is 2.60. The fourth-order valence-corrected chi connectivity index (χ4v) is 1.58. The lowest BCUT2D eigenvalue weighted by atomic mass is 9.99. The van der Waals surface area contributed by atoms with Crippen LogP contribution in [0.2, 0.25) is 5.02 Å². The SMILES string of the molecule is CC(c1ccc(Cl)cc1)c1ccco1. The zero-order valence-electron chi connectivity index (χ0n) is 7.91. The minimum atomic E-state index is 0.280. The van der Waals surface area contributed by atoms with Crippen molar-refractivity contribution in [1.29, 1.82) is 0 Å². The summed E-state index contributed by atoms with van der Waals surface area (Å²) in [6, 6.07) is 11.7. The molecular weight excluding hydrogens is 196 g/mol. The molecule has 0 amide bonds. The lowest BCUT2D eigenvalue weighted by Crippen LogP contribution is -1.93. The molecule has 0 aliphatic carbocycles. The molecule has 1 heterocycles. The van der Waals surface area contributed by atoms with Crippen LogP contribution in [-0.4, -0.2) is 0 Å². The van der Waals surface area contributed by atoms with Crippen LogP contribution in [0.1, 0.15) is 24.2 Å². The van der Waals surface area contributed by atoms with Crippen molar-refractivity contribution in [3.63, 3.8) is 0 Å². The first-order chi connectivity index (χ1) is 6.77. The summed E-state index contributed by atoms with van der Waals surface area (Å²) in [6.07, 6.45) is 1.70. The van der Waals surface area contributed by atoms with Gasteiger partial charge < -0.3 is 4.42 Å². The maximum absolute atomic E-state index is 5.82. The molecule has 0 N–H and O–H groups in total. The van der Waals surface area contributed by atoms with E-state index in [1.54, 1.807) is 6.26 Å². The van der Waals surface area contributed by atoms with E-state index in [0.29, 0.717) is 0 Å². The lowest BCUT2D eigenvalue weighted by Gasteiger charge is -2.08. The zero-order chi connectivity index (χ0) is 9.97. The average molecular weight is 207 g/mol. The van der Waals surface area contributed by atoms with Crippen molar-refractivity contribution in [3.05, 3.63) is 59.0 Å². The first kappa shape index (κ1) is 9.35. The predicted octanol–water partition coefficient (Wildman–Crippen LogP) is 4.08. The molecule has 1 aromatic carbocycles. The molecule has 72 valence electrons. The molecule has 0 aliphatic rings. The number of hydrogen-bond donors (Lipinski definition) is 0. The fraction of sp³-hybridized carbons (Fsp3) is 0.167. The Morgan fingerprint density at radius 3 is 2.43 bits per heavy atom. The molecule has 1 aromatic heterocycles. The van der Waals surface area contributed by atoms with E-state index in [1.165, 1.54) is 5.56 Å². The van der Waals surface area contributed by atoms with Crippen LogP contribution in [0.5, 0.6) is 0 Å². The molecule has 14 heavy (non-hydrogen) atoms. The van der Waals surface area contributed by atoms with Gasteiger partial charge in [-0.15, -0.1) is 0 Å². The minimum absolute atomic E-state index is 0.280. The summed E-state index contributed by atoms with van der Waals surface area (Å²) in [5.74, 6) is 1.26. The second-order valence-corrected chi connectivity index (χ2v) is 3.73. The van der Waals surface area contributed by atoms with Crippen LogP contribution in [0.15, 0.2) is 47.1 Å². The standard InChI is InChI=1S/C12H11ClO/c1-9(12-3-2-8-14-12)10-4-6-11(13)7-5-10/h2-9H,1H3. The van der Waals surface area contributed by atoms with Crippen molar-refractivity contribution in [2.24, 2.45) is 0 Å². The van der Waals surface area contributed by atoms with E-state index >= 15 is 0 Å². The van der Waals surface area contributed by atoms with Crippen molar-refractivity contribution in [1.82, 2.24) is 0 Å². The Balaban J connectivity index is 2.28. The van der Waals surface area contributed by atoms with Gasteiger partial charge in [-0.1, -0.05) is 30.7 Å². The van der Waals surface area contributed by atoms with Crippen molar-refractivity contribution in [3.8, 4) is 0 Å². The highest BCUT2D eigenvalue weighted by Crippen LogP contribution is 2.25. The van der Waals surface area contributed by atoms with Crippen LogP contribution in [0.3, 0.4) is 0 Å². The molecule has 0 aliphatic heterocycles. The number of hydrogen-bond acceptors (Lipinski definition) is 1. The summed E-state index contributed by atoms with van der Waals surface area (Å²) in [7, 11) is 0. The van der Waals surface area contributed by atoms with Gasteiger partial charge in [-0.3, -0.25) is 0 Å². The topological polar surface area (TPSA) is 13.1 Å². The number of benzene rings is 1. The Morgan fingerprint density at radius 2 is 1.86 bits per heavy atom. The average Bonchev–Trinajstić information content (AvgIpc) is 2.71. The third-order valence-electron chi connectivity index (χ3n) is 2.34. The Hall–Kier alpha value is -1.21. The third kappa shape index (κ3) is 1.83. The summed E-state index contributed by atoms with van der Waals surface area (Å²) in [6.45, 7) is 2.11. The van der Waals surface area contributed by atoms with E-state index in [-0.39, 0.29) is 5.92 Å². The Morgan fingerprint density at radius 1 is 1.14 bits per heavy atom. The van der Waals surface area contributed by atoms with Crippen LogP contribution in [0, 0.1) is 0 Å². The fourth-order valence-electron chi connectivity index (χ4n) is 1.45. The van der Waals surface area contributed by atoms with Gasteiger partial charge in [-0.25, -0.2) is 0 Å². The normalized spacial score (nSPS) is 12.7. The van der Waals surface area contributed by atoms with Crippen LogP contribution in [0.4, 0.5) is 0 Å². The first-order valence-corrected chi connectivity index (χ1v) is 4.94. The molecule has 0 spiro atoms. The molecule has 1 unspecified atom stereocenters. The molecule has 1 atom stereocenters. The summed E-state index contributed by atoms with van der Waals surface area (Å²) < 4.78 is 5.35. The molecule has 0 saturated heterocycles.